The lowest BCUT2D eigenvalue weighted by atomic mass is 9.90. The lowest BCUT2D eigenvalue weighted by Crippen LogP contribution is -2.31. The van der Waals surface area contributed by atoms with Crippen LogP contribution in [-0.2, 0) is 28.6 Å². The molecule has 0 aromatic heterocycles. The number of hydrogen-bond acceptors (Lipinski definition) is 6. The molecule has 246 valence electrons. The van der Waals surface area contributed by atoms with E-state index in [0.29, 0.717) is 0 Å². The van der Waals surface area contributed by atoms with Gasteiger partial charge in [-0.3, -0.25) is 4.79 Å². The van der Waals surface area contributed by atoms with Gasteiger partial charge in [-0.05, 0) is 97.3 Å². The van der Waals surface area contributed by atoms with Crippen LogP contribution in [0.5, 0.6) is 0 Å². The zero-order valence-corrected chi connectivity index (χ0v) is 23.6. The Balaban J connectivity index is -0.000000150. The van der Waals surface area contributed by atoms with Crippen LogP contribution in [0.15, 0.2) is 25.3 Å². The van der Waals surface area contributed by atoms with Crippen LogP contribution in [0, 0.1) is 5.41 Å². The van der Waals surface area contributed by atoms with E-state index in [2.05, 4.69) is 13.2 Å². The topological polar surface area (TPSA) is 110 Å². The molecule has 0 spiro atoms. The molecule has 0 aromatic rings. The van der Waals surface area contributed by atoms with Crippen LogP contribution >= 0.6 is 0 Å². The van der Waals surface area contributed by atoms with Gasteiger partial charge in [0, 0.05) is 12.2 Å². The molecule has 3 saturated carbocycles. The number of hydrogen-bond donors (Lipinski definition) is 0. The summed E-state index contributed by atoms with van der Waals surface area (Å²) in [7, 11) is 0. The number of esters is 3. The first-order chi connectivity index (χ1) is 17.2. The van der Waals surface area contributed by atoms with E-state index in [9.17, 15) is 14.4 Å². The third-order valence-electron chi connectivity index (χ3n) is 7.27. The molecule has 0 atom stereocenters. The van der Waals surface area contributed by atoms with Gasteiger partial charge in [0.2, 0.25) is 0 Å². The molecule has 7 nitrogen and oxygen atoms in total. The molecule has 3 rings (SSSR count). The fourth-order valence-electron chi connectivity index (χ4n) is 4.43. The average Bonchev–Trinajstić information content (AvgIpc) is 2.91. The first-order valence-electron chi connectivity index (χ1n) is 14.1. The number of carbonyl (C=O) groups is 3. The van der Waals surface area contributed by atoms with Gasteiger partial charge >= 0.3 is 17.9 Å². The van der Waals surface area contributed by atoms with E-state index in [0.717, 1.165) is 44.9 Å². The summed E-state index contributed by atoms with van der Waals surface area (Å²) in [5, 5.41) is 0. The quantitative estimate of drug-likeness (QED) is 0.167. The minimum atomic E-state index is -0.308. The summed E-state index contributed by atoms with van der Waals surface area (Å²) in [4.78, 5) is 33.2. The highest BCUT2D eigenvalue weighted by Gasteiger charge is 2.29. The Hall–Kier alpha value is -2.15. The molecular weight excluding hydrogens is 520 g/mol. The summed E-state index contributed by atoms with van der Waals surface area (Å²) in [6.45, 7) is 12.6. The van der Waals surface area contributed by atoms with Crippen molar-refractivity contribution in [1.29, 1.82) is 0 Å². The predicted molar refractivity (Wildman–Crippen MR) is 174 cm³/mol. The highest BCUT2D eigenvalue weighted by molar-refractivity contribution is 5.81. The molecule has 3 aliphatic carbocycles. The van der Waals surface area contributed by atoms with Crippen molar-refractivity contribution in [3.8, 4) is 0 Å². The van der Waals surface area contributed by atoms with Crippen molar-refractivity contribution in [3.63, 3.8) is 0 Å². The summed E-state index contributed by atoms with van der Waals surface area (Å²) < 4.78 is 15.7. The Morgan fingerprint density at radius 2 is 0.878 bits per heavy atom. The summed E-state index contributed by atoms with van der Waals surface area (Å²) in [5.74, 6) is -0.583. The number of rotatable bonds is 7. The van der Waals surface area contributed by atoms with Crippen LogP contribution in [0.2, 0.25) is 0 Å². The number of carbonyl (C=O) groups excluding carboxylic acids is 3. The average molecular weight is 589 g/mol. The largest absolute Gasteiger partial charge is 0.462 e. The lowest BCUT2D eigenvalue weighted by molar-refractivity contribution is -0.161. The maximum absolute atomic E-state index is 11.7. The van der Waals surface area contributed by atoms with Crippen molar-refractivity contribution in [2.24, 2.45) is 5.41 Å². The molecule has 0 aromatic carbocycles. The zero-order valence-electron chi connectivity index (χ0n) is 23.6. The predicted octanol–water partition coefficient (Wildman–Crippen LogP) is 9.11. The fraction of sp³-hybridized carbons (Fsp3) is 0.794. The molecule has 7 heteroatoms. The van der Waals surface area contributed by atoms with Gasteiger partial charge in [-0.2, -0.15) is 0 Å². The van der Waals surface area contributed by atoms with Gasteiger partial charge in [0.15, 0.2) is 0 Å². The van der Waals surface area contributed by atoms with Crippen LogP contribution in [-0.4, -0.2) is 41.7 Å². The molecule has 0 radical (unpaired) electrons. The van der Waals surface area contributed by atoms with Crippen molar-refractivity contribution < 1.29 is 34.1 Å². The molecule has 41 heavy (non-hydrogen) atoms. The van der Waals surface area contributed by atoms with Crippen molar-refractivity contribution in [2.45, 2.75) is 172 Å². The normalized spacial score (nSPS) is 17.0. The zero-order chi connectivity index (χ0) is 26.8. The Morgan fingerprint density at radius 3 is 1.12 bits per heavy atom. The highest BCUT2D eigenvalue weighted by atomic mass is 16.6. The molecule has 3 aliphatic rings. The monoisotopic (exact) mass is 588 g/mol. The smallest absolute Gasteiger partial charge is 0.330 e. The SMILES string of the molecule is C.C.C.C.C=CC(=O)OC1CCCCC1.C=CC(=O)OC1CCCCC1.CCC(C)(C)C(=O)OC1CCCCC1.O. The minimum Gasteiger partial charge on any atom is -0.462 e. The van der Waals surface area contributed by atoms with Crippen molar-refractivity contribution in [1.82, 2.24) is 0 Å². The molecule has 0 unspecified atom stereocenters. The molecular formula is C34H68O7. The first kappa shape index (κ1) is 48.6. The third-order valence-corrected chi connectivity index (χ3v) is 7.27. The maximum Gasteiger partial charge on any atom is 0.330 e. The molecule has 0 saturated heterocycles. The van der Waals surface area contributed by atoms with Crippen molar-refractivity contribution in [2.75, 3.05) is 0 Å². The van der Waals surface area contributed by atoms with Crippen molar-refractivity contribution in [3.05, 3.63) is 25.3 Å². The summed E-state index contributed by atoms with van der Waals surface area (Å²) in [5.41, 5.74) is -0.308. The van der Waals surface area contributed by atoms with Gasteiger partial charge in [0.05, 0.1) is 5.41 Å². The van der Waals surface area contributed by atoms with E-state index >= 15 is 0 Å². The molecule has 0 heterocycles. The highest BCUT2D eigenvalue weighted by Crippen LogP contribution is 2.26. The second-order valence-corrected chi connectivity index (χ2v) is 10.7. The summed E-state index contributed by atoms with van der Waals surface area (Å²) in [6, 6.07) is 0. The second-order valence-electron chi connectivity index (χ2n) is 10.7. The van der Waals surface area contributed by atoms with Crippen LogP contribution in [0.25, 0.3) is 0 Å². The maximum atomic E-state index is 11.7. The Bertz CT molecular complexity index is 633. The van der Waals surface area contributed by atoms with Crippen LogP contribution in [0.1, 0.15) is 153 Å². The molecule has 0 amide bonds. The number of ether oxygens (including phenoxy) is 3. The van der Waals surface area contributed by atoms with Crippen LogP contribution in [0.3, 0.4) is 0 Å². The molecule has 3 fully saturated rings. The summed E-state index contributed by atoms with van der Waals surface area (Å²) in [6.07, 6.45) is 21.1. The Kier molecular flexibility index (Phi) is 33.2. The van der Waals surface area contributed by atoms with Gasteiger partial charge in [-0.15, -0.1) is 0 Å². The van der Waals surface area contributed by atoms with E-state index in [1.807, 2.05) is 20.8 Å². The molecule has 0 bridgehead atoms. The van der Waals surface area contributed by atoms with Gasteiger partial charge in [-0.25, -0.2) is 9.59 Å². The van der Waals surface area contributed by atoms with E-state index in [1.54, 1.807) is 0 Å². The first-order valence-corrected chi connectivity index (χ1v) is 14.1. The third kappa shape index (κ3) is 22.2. The second kappa shape index (κ2) is 28.0. The Morgan fingerprint density at radius 1 is 0.610 bits per heavy atom. The van der Waals surface area contributed by atoms with Gasteiger partial charge in [0.1, 0.15) is 18.3 Å². The molecule has 2 N–H and O–H groups in total. The van der Waals surface area contributed by atoms with E-state index in [-0.39, 0.29) is 76.8 Å². The van der Waals surface area contributed by atoms with Gasteiger partial charge in [0.25, 0.3) is 0 Å². The van der Waals surface area contributed by atoms with E-state index in [1.165, 1.54) is 69.9 Å². The fourth-order valence-corrected chi connectivity index (χ4v) is 4.43. The van der Waals surface area contributed by atoms with Gasteiger partial charge in [-0.1, -0.05) is 69.1 Å². The Labute approximate surface area is 254 Å². The van der Waals surface area contributed by atoms with Crippen LogP contribution < -0.4 is 0 Å². The van der Waals surface area contributed by atoms with E-state index < -0.39 is 0 Å². The van der Waals surface area contributed by atoms with E-state index in [4.69, 9.17) is 14.2 Å². The summed E-state index contributed by atoms with van der Waals surface area (Å²) >= 11 is 0. The lowest BCUT2D eigenvalue weighted by Gasteiger charge is -2.27. The van der Waals surface area contributed by atoms with Crippen LogP contribution in [0.4, 0.5) is 0 Å². The standard InChI is InChI=1S/C12H22O2.2C9H14O2.4CH4.H2O/c1-4-12(2,3)11(13)14-10-8-6-5-7-9-10;2*1-2-9(10)11-8-6-4-3-5-7-8;;;;;/h10H,4-9H2,1-3H3;2*2,8H,1,3-7H2;4*1H4;1H2. The van der Waals surface area contributed by atoms with Crippen molar-refractivity contribution >= 4 is 17.9 Å². The minimum absolute atomic E-state index is 0. The van der Waals surface area contributed by atoms with Gasteiger partial charge < -0.3 is 19.7 Å². The molecule has 0 aliphatic heterocycles.